The highest BCUT2D eigenvalue weighted by Gasteiger charge is 2.22. The van der Waals surface area contributed by atoms with Crippen LogP contribution in [0, 0.1) is 10.1 Å². The van der Waals surface area contributed by atoms with Crippen molar-refractivity contribution in [2.45, 2.75) is 0 Å². The fourth-order valence-electron chi connectivity index (χ4n) is 1.41. The number of nitro groups is 1. The average Bonchev–Trinajstić information content (AvgIpc) is 2.26. The minimum absolute atomic E-state index is 0.0928. The number of nitrogens with zero attached hydrogens (tertiary/aromatic N) is 3. The van der Waals surface area contributed by atoms with E-state index >= 15 is 0 Å². The Bertz CT molecular complexity index is 650. The number of aromatic nitrogens is 2. The molecule has 2 aromatic rings. The second-order valence-electron chi connectivity index (χ2n) is 3.47. The fourth-order valence-corrected chi connectivity index (χ4v) is 1.78. The summed E-state index contributed by atoms with van der Waals surface area (Å²) in [5, 5.41) is 14.0. The summed E-state index contributed by atoms with van der Waals surface area (Å²) in [6.45, 7) is 0. The number of rotatable bonds is 3. The predicted octanol–water partition coefficient (Wildman–Crippen LogP) is 3.02. The van der Waals surface area contributed by atoms with E-state index in [0.717, 1.165) is 0 Å². The number of nitrogens with one attached hydrogen (secondary N) is 1. The van der Waals surface area contributed by atoms with Crippen molar-refractivity contribution in [1.29, 1.82) is 0 Å². The van der Waals surface area contributed by atoms with Gasteiger partial charge in [-0.25, -0.2) is 0 Å². The van der Waals surface area contributed by atoms with Gasteiger partial charge in [0.25, 0.3) is 0 Å². The van der Waals surface area contributed by atoms with Crippen molar-refractivity contribution in [1.82, 2.24) is 9.97 Å². The summed E-state index contributed by atoms with van der Waals surface area (Å²) < 4.78 is 0. The molecule has 0 radical (unpaired) electrons. The van der Waals surface area contributed by atoms with Crippen molar-refractivity contribution < 1.29 is 4.92 Å². The number of benzene rings is 1. The molecule has 0 aliphatic heterocycles. The van der Waals surface area contributed by atoms with E-state index in [1.54, 1.807) is 24.3 Å². The number of halogens is 2. The lowest BCUT2D eigenvalue weighted by Gasteiger charge is -2.07. The first-order valence-electron chi connectivity index (χ1n) is 4.97. The van der Waals surface area contributed by atoms with Gasteiger partial charge in [-0.05, 0) is 29.8 Å². The third-order valence-electron chi connectivity index (χ3n) is 2.15. The van der Waals surface area contributed by atoms with E-state index in [9.17, 15) is 10.1 Å². The van der Waals surface area contributed by atoms with Gasteiger partial charge in [0, 0.05) is 10.7 Å². The molecule has 1 heterocycles. The van der Waals surface area contributed by atoms with Gasteiger partial charge in [-0.15, -0.1) is 0 Å². The molecule has 9 heteroatoms. The van der Waals surface area contributed by atoms with Crippen LogP contribution in [-0.4, -0.2) is 14.9 Å². The summed E-state index contributed by atoms with van der Waals surface area (Å²) in [7, 11) is 0. The van der Waals surface area contributed by atoms with E-state index in [2.05, 4.69) is 15.3 Å². The van der Waals surface area contributed by atoms with Crippen LogP contribution in [0.1, 0.15) is 0 Å². The molecular weight excluding hydrogens is 293 g/mol. The Kier molecular flexibility index (Phi) is 3.68. The molecule has 0 fully saturated rings. The van der Waals surface area contributed by atoms with Gasteiger partial charge in [-0.3, -0.25) is 10.1 Å². The zero-order chi connectivity index (χ0) is 14.0. The minimum Gasteiger partial charge on any atom is -0.378 e. The zero-order valence-electron chi connectivity index (χ0n) is 9.30. The fraction of sp³-hybridized carbons (Fsp3) is 0. The van der Waals surface area contributed by atoms with Gasteiger partial charge in [0.1, 0.15) is 0 Å². The van der Waals surface area contributed by atoms with E-state index in [4.69, 9.17) is 28.9 Å². The van der Waals surface area contributed by atoms with Gasteiger partial charge < -0.3 is 11.1 Å². The molecule has 0 aliphatic rings. The first kappa shape index (κ1) is 13.3. The lowest BCUT2D eigenvalue weighted by atomic mass is 10.3. The maximum Gasteiger partial charge on any atom is 0.353 e. The predicted molar refractivity (Wildman–Crippen MR) is 72.8 cm³/mol. The first-order chi connectivity index (χ1) is 8.97. The van der Waals surface area contributed by atoms with Crippen LogP contribution >= 0.6 is 23.2 Å². The molecule has 0 saturated heterocycles. The molecule has 1 aromatic carbocycles. The van der Waals surface area contributed by atoms with E-state index < -0.39 is 10.6 Å². The zero-order valence-corrected chi connectivity index (χ0v) is 10.8. The molecule has 2 rings (SSSR count). The van der Waals surface area contributed by atoms with Crippen molar-refractivity contribution in [3.63, 3.8) is 0 Å². The third kappa shape index (κ3) is 3.01. The maximum atomic E-state index is 10.9. The normalized spacial score (nSPS) is 10.2. The lowest BCUT2D eigenvalue weighted by molar-refractivity contribution is -0.383. The average molecular weight is 300 g/mol. The second-order valence-corrected chi connectivity index (χ2v) is 4.24. The van der Waals surface area contributed by atoms with Crippen LogP contribution in [-0.2, 0) is 0 Å². The quantitative estimate of drug-likeness (QED) is 0.512. The molecule has 7 nitrogen and oxygen atoms in total. The SMILES string of the molecule is Nc1nc(Cl)nc(Nc2cccc(Cl)c2)c1[N+](=O)[O-]. The second kappa shape index (κ2) is 5.25. The van der Waals surface area contributed by atoms with E-state index in [-0.39, 0.29) is 16.9 Å². The first-order valence-corrected chi connectivity index (χ1v) is 5.73. The summed E-state index contributed by atoms with van der Waals surface area (Å²) in [4.78, 5) is 17.6. The molecule has 0 spiro atoms. The van der Waals surface area contributed by atoms with Crippen LogP contribution in [0.3, 0.4) is 0 Å². The Morgan fingerprint density at radius 1 is 1.32 bits per heavy atom. The summed E-state index contributed by atoms with van der Waals surface area (Å²) in [5.74, 6) is -0.403. The largest absolute Gasteiger partial charge is 0.378 e. The Morgan fingerprint density at radius 2 is 2.05 bits per heavy atom. The van der Waals surface area contributed by atoms with Crippen LogP contribution in [0.2, 0.25) is 10.3 Å². The smallest absolute Gasteiger partial charge is 0.353 e. The van der Waals surface area contributed by atoms with Crippen LogP contribution in [0.5, 0.6) is 0 Å². The Morgan fingerprint density at radius 3 is 2.68 bits per heavy atom. The topological polar surface area (TPSA) is 107 Å². The van der Waals surface area contributed by atoms with Crippen LogP contribution < -0.4 is 11.1 Å². The van der Waals surface area contributed by atoms with Gasteiger partial charge in [0.05, 0.1) is 4.92 Å². The molecule has 0 aliphatic carbocycles. The molecule has 0 unspecified atom stereocenters. The molecule has 0 amide bonds. The lowest BCUT2D eigenvalue weighted by Crippen LogP contribution is -2.06. The number of hydrogen-bond acceptors (Lipinski definition) is 6. The Labute approximate surface area is 117 Å². The minimum atomic E-state index is -0.682. The number of anilines is 3. The summed E-state index contributed by atoms with van der Waals surface area (Å²) >= 11 is 11.5. The van der Waals surface area contributed by atoms with Crippen LogP contribution in [0.25, 0.3) is 0 Å². The third-order valence-corrected chi connectivity index (χ3v) is 2.56. The summed E-state index contributed by atoms with van der Waals surface area (Å²) in [6.07, 6.45) is 0. The van der Waals surface area contributed by atoms with Crippen molar-refractivity contribution in [3.8, 4) is 0 Å². The highest BCUT2D eigenvalue weighted by atomic mass is 35.5. The van der Waals surface area contributed by atoms with Gasteiger partial charge in [0.2, 0.25) is 16.9 Å². The molecule has 0 atom stereocenters. The standard InChI is InChI=1S/C10H7Cl2N5O2/c11-5-2-1-3-6(4-5)14-9-7(17(18)19)8(13)15-10(12)16-9/h1-4H,(H3,13,14,15,16). The van der Waals surface area contributed by atoms with Crippen LogP contribution in [0.15, 0.2) is 24.3 Å². The van der Waals surface area contributed by atoms with E-state index in [1.807, 2.05) is 0 Å². The monoisotopic (exact) mass is 299 g/mol. The molecular formula is C10H7Cl2N5O2. The highest BCUT2D eigenvalue weighted by molar-refractivity contribution is 6.30. The molecule has 3 N–H and O–H groups in total. The van der Waals surface area contributed by atoms with Crippen molar-refractivity contribution in [2.24, 2.45) is 0 Å². The Hall–Kier alpha value is -2.12. The molecule has 0 bridgehead atoms. The molecule has 1 aromatic heterocycles. The summed E-state index contributed by atoms with van der Waals surface area (Å²) in [6, 6.07) is 6.60. The van der Waals surface area contributed by atoms with Gasteiger partial charge >= 0.3 is 5.69 Å². The van der Waals surface area contributed by atoms with E-state index in [0.29, 0.717) is 10.7 Å². The summed E-state index contributed by atoms with van der Waals surface area (Å²) in [5.41, 5.74) is 5.54. The van der Waals surface area contributed by atoms with Crippen molar-refractivity contribution >= 4 is 46.2 Å². The molecule has 98 valence electrons. The van der Waals surface area contributed by atoms with Gasteiger partial charge in [0.15, 0.2) is 0 Å². The van der Waals surface area contributed by atoms with Crippen molar-refractivity contribution in [2.75, 3.05) is 11.1 Å². The van der Waals surface area contributed by atoms with E-state index in [1.165, 1.54) is 0 Å². The highest BCUT2D eigenvalue weighted by Crippen LogP contribution is 2.31. The van der Waals surface area contributed by atoms with Gasteiger partial charge in [-0.2, -0.15) is 9.97 Å². The molecule has 0 saturated carbocycles. The maximum absolute atomic E-state index is 10.9. The Balaban J connectivity index is 2.47. The molecule has 19 heavy (non-hydrogen) atoms. The number of hydrogen-bond donors (Lipinski definition) is 2. The number of nitrogens with two attached hydrogens (primary N) is 1. The number of nitrogen functional groups attached to an aromatic ring is 1. The van der Waals surface area contributed by atoms with Crippen molar-refractivity contribution in [3.05, 3.63) is 44.7 Å². The van der Waals surface area contributed by atoms with Crippen LogP contribution in [0.4, 0.5) is 23.0 Å². The van der Waals surface area contributed by atoms with Gasteiger partial charge in [-0.1, -0.05) is 17.7 Å².